The lowest BCUT2D eigenvalue weighted by Crippen LogP contribution is -2.36. The van der Waals surface area contributed by atoms with Gasteiger partial charge in [-0.2, -0.15) is 0 Å². The number of esters is 1. The van der Waals surface area contributed by atoms with Gasteiger partial charge in [0.1, 0.15) is 0 Å². The first-order valence-corrected chi connectivity index (χ1v) is 8.53. The van der Waals surface area contributed by atoms with Crippen LogP contribution < -0.4 is 15.5 Å². The van der Waals surface area contributed by atoms with Gasteiger partial charge >= 0.3 is 5.97 Å². The fourth-order valence-corrected chi connectivity index (χ4v) is 2.84. The second-order valence-electron chi connectivity index (χ2n) is 5.57. The van der Waals surface area contributed by atoms with E-state index in [1.54, 1.807) is 7.05 Å². The molecular formula is C17H20ClN5O3. The van der Waals surface area contributed by atoms with Gasteiger partial charge in [-0.1, -0.05) is 11.6 Å². The normalized spacial score (nSPS) is 14.0. The molecule has 9 heteroatoms. The SMILES string of the molecule is CNc1nc(Nc2ccc(N3CCOCC3)cc2)c(C(=O)OC)nc1Cl. The lowest BCUT2D eigenvalue weighted by atomic mass is 10.2. The van der Waals surface area contributed by atoms with Crippen molar-refractivity contribution in [2.24, 2.45) is 0 Å². The monoisotopic (exact) mass is 377 g/mol. The number of carbonyl (C=O) groups is 1. The first-order valence-electron chi connectivity index (χ1n) is 8.15. The quantitative estimate of drug-likeness (QED) is 0.768. The molecule has 2 N–H and O–H groups in total. The Balaban J connectivity index is 1.84. The summed E-state index contributed by atoms with van der Waals surface area (Å²) in [5.41, 5.74) is 1.91. The zero-order chi connectivity index (χ0) is 18.5. The molecule has 8 nitrogen and oxygen atoms in total. The van der Waals surface area contributed by atoms with Gasteiger partial charge in [-0.15, -0.1) is 0 Å². The van der Waals surface area contributed by atoms with E-state index < -0.39 is 5.97 Å². The van der Waals surface area contributed by atoms with Gasteiger partial charge in [-0.05, 0) is 24.3 Å². The van der Waals surface area contributed by atoms with Gasteiger partial charge in [0.25, 0.3) is 0 Å². The number of nitrogens with zero attached hydrogens (tertiary/aromatic N) is 3. The maximum atomic E-state index is 12.0. The van der Waals surface area contributed by atoms with Gasteiger partial charge in [-0.3, -0.25) is 0 Å². The first-order chi connectivity index (χ1) is 12.6. The van der Waals surface area contributed by atoms with Crippen molar-refractivity contribution in [3.63, 3.8) is 0 Å². The number of methoxy groups -OCH3 is 1. The average Bonchev–Trinajstić information content (AvgIpc) is 2.69. The van der Waals surface area contributed by atoms with E-state index >= 15 is 0 Å². The molecule has 2 aromatic rings. The number of aromatic nitrogens is 2. The molecule has 26 heavy (non-hydrogen) atoms. The third-order valence-electron chi connectivity index (χ3n) is 3.98. The molecule has 3 rings (SSSR count). The van der Waals surface area contributed by atoms with E-state index in [4.69, 9.17) is 21.1 Å². The van der Waals surface area contributed by atoms with E-state index in [-0.39, 0.29) is 16.7 Å². The second kappa shape index (κ2) is 8.20. The topological polar surface area (TPSA) is 88.6 Å². The Hall–Kier alpha value is -2.58. The summed E-state index contributed by atoms with van der Waals surface area (Å²) in [7, 11) is 2.96. The van der Waals surface area contributed by atoms with Crippen molar-refractivity contribution in [2.75, 3.05) is 56.0 Å². The Kier molecular flexibility index (Phi) is 5.75. The summed E-state index contributed by atoms with van der Waals surface area (Å²) in [5.74, 6) is 0.0194. The van der Waals surface area contributed by atoms with Gasteiger partial charge in [0.05, 0.1) is 20.3 Å². The largest absolute Gasteiger partial charge is 0.464 e. The molecule has 0 amide bonds. The van der Waals surface area contributed by atoms with Crippen LogP contribution in [0.5, 0.6) is 0 Å². The number of rotatable bonds is 5. The van der Waals surface area contributed by atoms with Gasteiger partial charge < -0.3 is 25.0 Å². The third kappa shape index (κ3) is 3.97. The summed E-state index contributed by atoms with van der Waals surface area (Å²) in [5, 5.41) is 6.04. The summed E-state index contributed by atoms with van der Waals surface area (Å²) in [6, 6.07) is 7.85. The van der Waals surface area contributed by atoms with Crippen molar-refractivity contribution >= 4 is 40.6 Å². The van der Waals surface area contributed by atoms with Crippen molar-refractivity contribution in [2.45, 2.75) is 0 Å². The van der Waals surface area contributed by atoms with Crippen LogP contribution in [0.25, 0.3) is 0 Å². The summed E-state index contributed by atoms with van der Waals surface area (Å²) < 4.78 is 10.1. The minimum absolute atomic E-state index is 0.0220. The van der Waals surface area contributed by atoms with Gasteiger partial charge in [-0.25, -0.2) is 14.8 Å². The standard InChI is InChI=1S/C17H20ClN5O3/c1-19-16-14(18)21-13(17(24)25-2)15(22-16)20-11-3-5-12(6-4-11)23-7-9-26-10-8-23/h3-6H,7-10H2,1-2H3,(H2,19,20,22). The highest BCUT2D eigenvalue weighted by Crippen LogP contribution is 2.26. The lowest BCUT2D eigenvalue weighted by molar-refractivity contribution is 0.0595. The molecule has 0 aliphatic carbocycles. The van der Waals surface area contributed by atoms with Crippen molar-refractivity contribution < 1.29 is 14.3 Å². The zero-order valence-electron chi connectivity index (χ0n) is 14.6. The van der Waals surface area contributed by atoms with Crippen LogP contribution in [0.4, 0.5) is 23.0 Å². The van der Waals surface area contributed by atoms with E-state index in [0.29, 0.717) is 5.82 Å². The Morgan fingerprint density at radius 3 is 2.50 bits per heavy atom. The molecule has 1 aromatic heterocycles. The number of benzene rings is 1. The number of hydrogen-bond acceptors (Lipinski definition) is 8. The molecule has 1 fully saturated rings. The van der Waals surface area contributed by atoms with E-state index in [2.05, 4.69) is 25.5 Å². The van der Waals surface area contributed by atoms with Crippen molar-refractivity contribution in [1.29, 1.82) is 0 Å². The molecule has 138 valence electrons. The maximum Gasteiger partial charge on any atom is 0.360 e. The molecule has 0 radical (unpaired) electrons. The molecule has 1 aliphatic rings. The first kappa shape index (κ1) is 18.2. The Morgan fingerprint density at radius 2 is 1.88 bits per heavy atom. The molecule has 1 aliphatic heterocycles. The van der Waals surface area contributed by atoms with Crippen molar-refractivity contribution in [1.82, 2.24) is 9.97 Å². The van der Waals surface area contributed by atoms with Crippen LogP contribution in [-0.2, 0) is 9.47 Å². The van der Waals surface area contributed by atoms with E-state index in [9.17, 15) is 4.79 Å². The summed E-state index contributed by atoms with van der Waals surface area (Å²) in [6.45, 7) is 3.20. The number of halogens is 1. The maximum absolute atomic E-state index is 12.0. The molecule has 2 heterocycles. The van der Waals surface area contributed by atoms with Gasteiger partial charge in [0.2, 0.25) is 0 Å². The highest BCUT2D eigenvalue weighted by atomic mass is 35.5. The van der Waals surface area contributed by atoms with Crippen LogP contribution in [0.3, 0.4) is 0 Å². The van der Waals surface area contributed by atoms with Crippen LogP contribution in [0.2, 0.25) is 5.15 Å². The van der Waals surface area contributed by atoms with Gasteiger partial charge in [0, 0.05) is 31.5 Å². The third-order valence-corrected chi connectivity index (χ3v) is 4.24. The highest BCUT2D eigenvalue weighted by Gasteiger charge is 2.19. The number of hydrogen-bond donors (Lipinski definition) is 2. The second-order valence-corrected chi connectivity index (χ2v) is 5.93. The highest BCUT2D eigenvalue weighted by molar-refractivity contribution is 6.32. The van der Waals surface area contributed by atoms with Crippen LogP contribution in [0.15, 0.2) is 24.3 Å². The number of nitrogens with one attached hydrogen (secondary N) is 2. The van der Waals surface area contributed by atoms with Crippen LogP contribution in [0, 0.1) is 0 Å². The summed E-state index contributed by atoms with van der Waals surface area (Å²) >= 11 is 6.02. The average molecular weight is 378 g/mol. The smallest absolute Gasteiger partial charge is 0.360 e. The predicted octanol–water partition coefficient (Wildman–Crippen LogP) is 2.54. The minimum Gasteiger partial charge on any atom is -0.464 e. The van der Waals surface area contributed by atoms with E-state index in [0.717, 1.165) is 37.7 Å². The van der Waals surface area contributed by atoms with E-state index in [1.807, 2.05) is 24.3 Å². The van der Waals surface area contributed by atoms with Crippen LogP contribution in [0.1, 0.15) is 10.5 Å². The molecule has 1 saturated heterocycles. The van der Waals surface area contributed by atoms with Crippen LogP contribution >= 0.6 is 11.6 Å². The molecule has 0 unspecified atom stereocenters. The molecule has 0 atom stereocenters. The summed E-state index contributed by atoms with van der Waals surface area (Å²) in [4.78, 5) is 22.6. The molecule has 0 bridgehead atoms. The molecule has 0 spiro atoms. The summed E-state index contributed by atoms with van der Waals surface area (Å²) in [6.07, 6.45) is 0. The fraction of sp³-hybridized carbons (Fsp3) is 0.353. The predicted molar refractivity (Wildman–Crippen MR) is 101 cm³/mol. The Labute approximate surface area is 156 Å². The van der Waals surface area contributed by atoms with E-state index in [1.165, 1.54) is 7.11 Å². The molecule has 0 saturated carbocycles. The van der Waals surface area contributed by atoms with Crippen molar-refractivity contribution in [3.05, 3.63) is 35.1 Å². The van der Waals surface area contributed by atoms with Crippen LogP contribution in [-0.4, -0.2) is 56.4 Å². The molecule has 1 aromatic carbocycles. The van der Waals surface area contributed by atoms with Crippen molar-refractivity contribution in [3.8, 4) is 0 Å². The fourth-order valence-electron chi connectivity index (χ4n) is 2.61. The van der Waals surface area contributed by atoms with Gasteiger partial charge in [0.15, 0.2) is 22.5 Å². The zero-order valence-corrected chi connectivity index (χ0v) is 15.3. The lowest BCUT2D eigenvalue weighted by Gasteiger charge is -2.28. The number of anilines is 4. The number of carbonyl (C=O) groups excluding carboxylic acids is 1. The number of ether oxygens (including phenoxy) is 2. The minimum atomic E-state index is -0.616. The Bertz CT molecular complexity index is 779. The number of morpholine rings is 1. The Morgan fingerprint density at radius 1 is 1.19 bits per heavy atom. The molecular weight excluding hydrogens is 358 g/mol.